The van der Waals surface area contributed by atoms with Crippen LogP contribution in [-0.4, -0.2) is 20.7 Å². The van der Waals surface area contributed by atoms with Crippen molar-refractivity contribution in [1.82, 2.24) is 4.57 Å². The summed E-state index contributed by atoms with van der Waals surface area (Å²) in [4.78, 5) is 11.3. The molecular weight excluding hydrogens is 412 g/mol. The number of carbonyl (C=O) groups is 1. The van der Waals surface area contributed by atoms with E-state index in [2.05, 4.69) is 64.6 Å². The Morgan fingerprint density at radius 3 is 2.45 bits per heavy atom. The summed E-state index contributed by atoms with van der Waals surface area (Å²) in [5, 5.41) is 23.8. The standard InChI is InChI=1S/C28H22N2O3/c31-27-24(28(32)33)12-5-13-25(27)29-18-19-7-4-10-21(17-19)30-16-15-23-22(11-6-14-26(23)30)20-8-2-1-3-9-20/h1-17,29,31H,18H2,(H,32,33). The maximum absolute atomic E-state index is 11.3. The summed E-state index contributed by atoms with van der Waals surface area (Å²) in [7, 11) is 0. The quantitative estimate of drug-likeness (QED) is 0.274. The zero-order chi connectivity index (χ0) is 22.8. The third kappa shape index (κ3) is 3.92. The Morgan fingerprint density at radius 1 is 0.848 bits per heavy atom. The van der Waals surface area contributed by atoms with Crippen molar-refractivity contribution in [3.05, 3.63) is 114 Å². The van der Waals surface area contributed by atoms with Gasteiger partial charge in [0.25, 0.3) is 0 Å². The molecule has 0 saturated heterocycles. The van der Waals surface area contributed by atoms with Crippen LogP contribution in [0.5, 0.6) is 5.75 Å². The average molecular weight is 434 g/mol. The summed E-state index contributed by atoms with van der Waals surface area (Å²) in [6, 6.07) is 31.6. The van der Waals surface area contributed by atoms with Crippen molar-refractivity contribution < 1.29 is 15.0 Å². The lowest BCUT2D eigenvalue weighted by molar-refractivity contribution is 0.0694. The van der Waals surface area contributed by atoms with Crippen LogP contribution in [0.25, 0.3) is 27.7 Å². The molecule has 1 aromatic heterocycles. The minimum Gasteiger partial charge on any atom is -0.505 e. The second-order valence-corrected chi connectivity index (χ2v) is 7.82. The average Bonchev–Trinajstić information content (AvgIpc) is 3.28. The number of anilines is 1. The normalized spacial score (nSPS) is 10.9. The van der Waals surface area contributed by atoms with Crippen LogP contribution in [0.2, 0.25) is 0 Å². The minimum atomic E-state index is -1.16. The molecule has 0 aliphatic carbocycles. The minimum absolute atomic E-state index is 0.123. The predicted octanol–water partition coefficient (Wildman–Crippen LogP) is 6.31. The topological polar surface area (TPSA) is 74.5 Å². The summed E-state index contributed by atoms with van der Waals surface area (Å²) in [5.41, 5.74) is 5.79. The van der Waals surface area contributed by atoms with Crippen molar-refractivity contribution in [2.24, 2.45) is 0 Å². The van der Waals surface area contributed by atoms with Crippen LogP contribution in [0.4, 0.5) is 5.69 Å². The molecule has 5 aromatic rings. The Balaban J connectivity index is 1.45. The zero-order valence-electron chi connectivity index (χ0n) is 17.8. The number of rotatable bonds is 6. The first-order valence-corrected chi connectivity index (χ1v) is 10.7. The fourth-order valence-electron chi connectivity index (χ4n) is 4.13. The number of aromatic hydroxyl groups is 1. The molecule has 5 heteroatoms. The summed E-state index contributed by atoms with van der Waals surface area (Å²) in [5.74, 6) is -1.42. The third-order valence-corrected chi connectivity index (χ3v) is 5.76. The van der Waals surface area contributed by atoms with Gasteiger partial charge in [0.2, 0.25) is 0 Å². The van der Waals surface area contributed by atoms with Gasteiger partial charge in [-0.2, -0.15) is 0 Å². The molecule has 0 fully saturated rings. The first-order valence-electron chi connectivity index (χ1n) is 10.7. The molecule has 3 N–H and O–H groups in total. The number of para-hydroxylation sites is 1. The van der Waals surface area contributed by atoms with E-state index in [1.165, 1.54) is 22.6 Å². The Kier molecular flexibility index (Phi) is 5.29. The van der Waals surface area contributed by atoms with Gasteiger partial charge in [-0.05, 0) is 53.1 Å². The van der Waals surface area contributed by atoms with Gasteiger partial charge in [-0.25, -0.2) is 4.79 Å². The van der Waals surface area contributed by atoms with Crippen molar-refractivity contribution in [3.8, 4) is 22.6 Å². The molecule has 5 nitrogen and oxygen atoms in total. The van der Waals surface area contributed by atoms with E-state index in [9.17, 15) is 15.0 Å². The van der Waals surface area contributed by atoms with Gasteiger partial charge in [0.15, 0.2) is 5.75 Å². The SMILES string of the molecule is O=C(O)c1cccc(NCc2cccc(-n3ccc4c(-c5ccccc5)cccc43)c2)c1O. The number of fused-ring (bicyclic) bond motifs is 1. The van der Waals surface area contributed by atoms with Crippen LogP contribution in [0, 0.1) is 0 Å². The largest absolute Gasteiger partial charge is 0.505 e. The van der Waals surface area contributed by atoms with Crippen LogP contribution in [0.15, 0.2) is 103 Å². The molecule has 1 heterocycles. The monoisotopic (exact) mass is 434 g/mol. The van der Waals surface area contributed by atoms with Gasteiger partial charge in [0.05, 0.1) is 11.2 Å². The first-order chi connectivity index (χ1) is 16.1. The van der Waals surface area contributed by atoms with Gasteiger partial charge in [0.1, 0.15) is 5.56 Å². The van der Waals surface area contributed by atoms with Crippen LogP contribution in [0.1, 0.15) is 15.9 Å². The molecule has 4 aromatic carbocycles. The van der Waals surface area contributed by atoms with Gasteiger partial charge >= 0.3 is 5.97 Å². The lowest BCUT2D eigenvalue weighted by atomic mass is 10.0. The van der Waals surface area contributed by atoms with Crippen LogP contribution in [-0.2, 0) is 6.54 Å². The van der Waals surface area contributed by atoms with Crippen molar-refractivity contribution in [1.29, 1.82) is 0 Å². The highest BCUT2D eigenvalue weighted by Crippen LogP contribution is 2.31. The number of aromatic nitrogens is 1. The number of carboxylic acids is 1. The highest BCUT2D eigenvalue weighted by atomic mass is 16.4. The van der Waals surface area contributed by atoms with E-state index in [0.717, 1.165) is 16.8 Å². The van der Waals surface area contributed by atoms with Crippen molar-refractivity contribution in [3.63, 3.8) is 0 Å². The number of benzene rings is 4. The van der Waals surface area contributed by atoms with Crippen LogP contribution < -0.4 is 5.32 Å². The molecule has 33 heavy (non-hydrogen) atoms. The third-order valence-electron chi connectivity index (χ3n) is 5.76. The van der Waals surface area contributed by atoms with E-state index in [1.54, 1.807) is 12.1 Å². The van der Waals surface area contributed by atoms with Crippen molar-refractivity contribution >= 4 is 22.6 Å². The van der Waals surface area contributed by atoms with E-state index in [-0.39, 0.29) is 11.3 Å². The summed E-state index contributed by atoms with van der Waals surface area (Å²) < 4.78 is 2.16. The maximum Gasteiger partial charge on any atom is 0.339 e. The molecule has 0 radical (unpaired) electrons. The Hall–Kier alpha value is -4.51. The van der Waals surface area contributed by atoms with Gasteiger partial charge < -0.3 is 20.1 Å². The summed E-state index contributed by atoms with van der Waals surface area (Å²) >= 11 is 0. The fraction of sp³-hybridized carbons (Fsp3) is 0.0357. The number of hydrogen-bond acceptors (Lipinski definition) is 3. The Bertz CT molecular complexity index is 1460. The fourth-order valence-corrected chi connectivity index (χ4v) is 4.13. The molecule has 0 aliphatic heterocycles. The number of carboxylic acid groups (broad SMARTS) is 1. The molecule has 0 aliphatic rings. The first kappa shape index (κ1) is 20.4. The van der Waals surface area contributed by atoms with Gasteiger partial charge in [-0.1, -0.05) is 60.7 Å². The number of aromatic carboxylic acids is 1. The molecule has 0 bridgehead atoms. The molecule has 0 amide bonds. The lowest BCUT2D eigenvalue weighted by Crippen LogP contribution is -2.03. The van der Waals surface area contributed by atoms with Crippen molar-refractivity contribution in [2.75, 3.05) is 5.32 Å². The van der Waals surface area contributed by atoms with E-state index < -0.39 is 5.97 Å². The highest BCUT2D eigenvalue weighted by Gasteiger charge is 2.13. The van der Waals surface area contributed by atoms with Gasteiger partial charge in [-0.3, -0.25) is 0 Å². The van der Waals surface area contributed by atoms with E-state index in [1.807, 2.05) is 30.3 Å². The smallest absolute Gasteiger partial charge is 0.339 e. The number of nitrogens with one attached hydrogen (secondary N) is 1. The van der Waals surface area contributed by atoms with E-state index in [0.29, 0.717) is 12.2 Å². The zero-order valence-corrected chi connectivity index (χ0v) is 17.8. The lowest BCUT2D eigenvalue weighted by Gasteiger charge is -2.12. The molecular formula is C28H22N2O3. The maximum atomic E-state index is 11.3. The van der Waals surface area contributed by atoms with Gasteiger partial charge in [-0.15, -0.1) is 0 Å². The van der Waals surface area contributed by atoms with E-state index >= 15 is 0 Å². The second kappa shape index (κ2) is 8.55. The predicted molar refractivity (Wildman–Crippen MR) is 131 cm³/mol. The summed E-state index contributed by atoms with van der Waals surface area (Å²) in [6.07, 6.45) is 2.08. The second-order valence-electron chi connectivity index (χ2n) is 7.82. The van der Waals surface area contributed by atoms with Crippen LogP contribution >= 0.6 is 0 Å². The van der Waals surface area contributed by atoms with Gasteiger partial charge in [0, 0.05) is 23.8 Å². The number of phenols is 1. The highest BCUT2D eigenvalue weighted by molar-refractivity contribution is 5.96. The van der Waals surface area contributed by atoms with Crippen LogP contribution in [0.3, 0.4) is 0 Å². The number of hydrogen-bond donors (Lipinski definition) is 3. The molecule has 0 saturated carbocycles. The molecule has 0 unspecified atom stereocenters. The molecule has 5 rings (SSSR count). The molecule has 162 valence electrons. The molecule has 0 atom stereocenters. The summed E-state index contributed by atoms with van der Waals surface area (Å²) in [6.45, 7) is 0.443. The Labute approximate surface area is 191 Å². The van der Waals surface area contributed by atoms with E-state index in [4.69, 9.17) is 0 Å². The molecule has 0 spiro atoms. The van der Waals surface area contributed by atoms with Crippen molar-refractivity contribution in [2.45, 2.75) is 6.54 Å². The Morgan fingerprint density at radius 2 is 1.64 bits per heavy atom. The number of nitrogens with zero attached hydrogens (tertiary/aromatic N) is 1.